The van der Waals surface area contributed by atoms with Crippen molar-refractivity contribution in [3.05, 3.63) is 29.8 Å². The maximum atomic E-state index is 11.5. The molecule has 2 rings (SSSR count). The summed E-state index contributed by atoms with van der Waals surface area (Å²) in [4.78, 5) is 11.5. The van der Waals surface area contributed by atoms with Gasteiger partial charge < -0.3 is 15.4 Å². The third-order valence-corrected chi connectivity index (χ3v) is 3.48. The molecule has 0 heterocycles. The van der Waals surface area contributed by atoms with Gasteiger partial charge in [0, 0.05) is 32.0 Å². The molecular weight excluding hydrogens is 278 g/mol. The standard InChI is InChI=1S/C17H23N3O2/c18-8-1-2-11-22-16-5-3-4-14(12-16)13-19-9-10-20-17(21)15-6-7-15/h3-5,12,15,19H,1-2,6-7,9-11,13H2,(H,20,21). The molecule has 1 aliphatic carbocycles. The Labute approximate surface area is 131 Å². The molecule has 0 spiro atoms. The number of ether oxygens (including phenoxy) is 1. The number of rotatable bonds is 10. The quantitative estimate of drug-likeness (QED) is 0.648. The average molecular weight is 301 g/mol. The first-order chi connectivity index (χ1) is 10.8. The molecule has 118 valence electrons. The van der Waals surface area contributed by atoms with Crippen LogP contribution >= 0.6 is 0 Å². The molecule has 0 atom stereocenters. The van der Waals surface area contributed by atoms with Gasteiger partial charge in [0.15, 0.2) is 0 Å². The molecule has 0 bridgehead atoms. The van der Waals surface area contributed by atoms with Gasteiger partial charge in [-0.1, -0.05) is 12.1 Å². The first-order valence-electron chi connectivity index (χ1n) is 7.86. The topological polar surface area (TPSA) is 74.2 Å². The molecular formula is C17H23N3O2. The van der Waals surface area contributed by atoms with Crippen molar-refractivity contribution in [2.24, 2.45) is 5.92 Å². The Bertz CT molecular complexity index is 521. The van der Waals surface area contributed by atoms with E-state index in [0.29, 0.717) is 19.6 Å². The van der Waals surface area contributed by atoms with E-state index in [4.69, 9.17) is 10.00 Å². The van der Waals surface area contributed by atoms with Crippen molar-refractivity contribution in [1.82, 2.24) is 10.6 Å². The van der Waals surface area contributed by atoms with Gasteiger partial charge >= 0.3 is 0 Å². The van der Waals surface area contributed by atoms with E-state index in [0.717, 1.165) is 43.7 Å². The van der Waals surface area contributed by atoms with E-state index in [-0.39, 0.29) is 11.8 Å². The summed E-state index contributed by atoms with van der Waals surface area (Å²) in [6.07, 6.45) is 3.36. The average Bonchev–Trinajstić information content (AvgIpc) is 3.36. The maximum Gasteiger partial charge on any atom is 0.223 e. The first kappa shape index (κ1) is 16.3. The number of nitriles is 1. The summed E-state index contributed by atoms with van der Waals surface area (Å²) in [7, 11) is 0. The number of nitrogens with one attached hydrogen (secondary N) is 2. The van der Waals surface area contributed by atoms with Crippen LogP contribution in [0, 0.1) is 17.2 Å². The molecule has 0 radical (unpaired) electrons. The Kier molecular flexibility index (Phi) is 6.72. The van der Waals surface area contributed by atoms with E-state index < -0.39 is 0 Å². The smallest absolute Gasteiger partial charge is 0.223 e. The Morgan fingerprint density at radius 3 is 3.00 bits per heavy atom. The van der Waals surface area contributed by atoms with E-state index >= 15 is 0 Å². The lowest BCUT2D eigenvalue weighted by molar-refractivity contribution is -0.122. The van der Waals surface area contributed by atoms with Crippen molar-refractivity contribution >= 4 is 5.91 Å². The summed E-state index contributed by atoms with van der Waals surface area (Å²) >= 11 is 0. The molecule has 2 N–H and O–H groups in total. The van der Waals surface area contributed by atoms with Crippen LogP contribution in [-0.4, -0.2) is 25.6 Å². The van der Waals surface area contributed by atoms with Gasteiger partial charge in [0.2, 0.25) is 5.91 Å². The molecule has 0 aliphatic heterocycles. The van der Waals surface area contributed by atoms with Crippen LogP contribution in [0.2, 0.25) is 0 Å². The van der Waals surface area contributed by atoms with Gasteiger partial charge in [0.05, 0.1) is 12.7 Å². The van der Waals surface area contributed by atoms with Crippen LogP contribution in [0.5, 0.6) is 5.75 Å². The molecule has 5 nitrogen and oxygen atoms in total. The number of carbonyl (C=O) groups is 1. The van der Waals surface area contributed by atoms with Crippen LogP contribution in [-0.2, 0) is 11.3 Å². The molecule has 1 fully saturated rings. The van der Waals surface area contributed by atoms with Crippen molar-refractivity contribution in [2.75, 3.05) is 19.7 Å². The number of unbranched alkanes of at least 4 members (excludes halogenated alkanes) is 1. The molecule has 1 saturated carbocycles. The Hall–Kier alpha value is -2.06. The minimum atomic E-state index is 0.189. The molecule has 22 heavy (non-hydrogen) atoms. The van der Waals surface area contributed by atoms with Gasteiger partial charge in [-0.2, -0.15) is 5.26 Å². The lowest BCUT2D eigenvalue weighted by atomic mass is 10.2. The summed E-state index contributed by atoms with van der Waals surface area (Å²) < 4.78 is 5.61. The second-order valence-corrected chi connectivity index (χ2v) is 5.50. The minimum Gasteiger partial charge on any atom is -0.494 e. The van der Waals surface area contributed by atoms with Crippen molar-refractivity contribution in [3.8, 4) is 11.8 Å². The Balaban J connectivity index is 1.60. The fraction of sp³-hybridized carbons (Fsp3) is 0.529. The highest BCUT2D eigenvalue weighted by atomic mass is 16.5. The second kappa shape index (κ2) is 9.06. The van der Waals surface area contributed by atoms with Crippen molar-refractivity contribution < 1.29 is 9.53 Å². The summed E-state index contributed by atoms with van der Waals surface area (Å²) in [5, 5.41) is 14.7. The van der Waals surface area contributed by atoms with Gasteiger partial charge in [-0.15, -0.1) is 0 Å². The summed E-state index contributed by atoms with van der Waals surface area (Å²) in [5.41, 5.74) is 1.14. The van der Waals surface area contributed by atoms with Gasteiger partial charge in [0.1, 0.15) is 5.75 Å². The summed E-state index contributed by atoms with van der Waals surface area (Å²) in [6.45, 7) is 2.73. The zero-order valence-corrected chi connectivity index (χ0v) is 12.8. The van der Waals surface area contributed by atoms with E-state index in [2.05, 4.69) is 16.7 Å². The van der Waals surface area contributed by atoms with Crippen LogP contribution in [0.3, 0.4) is 0 Å². The number of hydrogen-bond donors (Lipinski definition) is 2. The van der Waals surface area contributed by atoms with E-state index in [1.165, 1.54) is 0 Å². The van der Waals surface area contributed by atoms with Crippen molar-refractivity contribution in [3.63, 3.8) is 0 Å². The third kappa shape index (κ3) is 6.15. The van der Waals surface area contributed by atoms with Crippen molar-refractivity contribution in [2.45, 2.75) is 32.2 Å². The molecule has 1 amide bonds. The molecule has 1 aliphatic rings. The van der Waals surface area contributed by atoms with Gasteiger partial charge in [-0.05, 0) is 37.0 Å². The fourth-order valence-electron chi connectivity index (χ4n) is 2.08. The normalized spacial score (nSPS) is 13.4. The monoisotopic (exact) mass is 301 g/mol. The molecule has 1 aromatic rings. The highest BCUT2D eigenvalue weighted by Crippen LogP contribution is 2.28. The predicted molar refractivity (Wildman–Crippen MR) is 84.2 cm³/mol. The molecule has 0 unspecified atom stereocenters. The lowest BCUT2D eigenvalue weighted by Gasteiger charge is -2.09. The fourth-order valence-corrected chi connectivity index (χ4v) is 2.08. The number of hydrogen-bond acceptors (Lipinski definition) is 4. The van der Waals surface area contributed by atoms with Crippen LogP contribution in [0.1, 0.15) is 31.2 Å². The predicted octanol–water partition coefficient (Wildman–Crippen LogP) is 1.98. The summed E-state index contributed by atoms with van der Waals surface area (Å²) in [5.74, 6) is 1.30. The van der Waals surface area contributed by atoms with E-state index in [1.54, 1.807) is 0 Å². The maximum absolute atomic E-state index is 11.5. The summed E-state index contributed by atoms with van der Waals surface area (Å²) in [6, 6.07) is 10.0. The second-order valence-electron chi connectivity index (χ2n) is 5.50. The zero-order valence-electron chi connectivity index (χ0n) is 12.8. The highest BCUT2D eigenvalue weighted by Gasteiger charge is 2.28. The van der Waals surface area contributed by atoms with E-state index in [1.807, 2.05) is 24.3 Å². The lowest BCUT2D eigenvalue weighted by Crippen LogP contribution is -2.32. The highest BCUT2D eigenvalue weighted by molar-refractivity contribution is 5.80. The van der Waals surface area contributed by atoms with Gasteiger partial charge in [-0.25, -0.2) is 0 Å². The van der Waals surface area contributed by atoms with Crippen LogP contribution in [0.25, 0.3) is 0 Å². The van der Waals surface area contributed by atoms with Crippen molar-refractivity contribution in [1.29, 1.82) is 5.26 Å². The molecule has 5 heteroatoms. The third-order valence-electron chi connectivity index (χ3n) is 3.48. The SMILES string of the molecule is N#CCCCOc1cccc(CNCCNC(=O)C2CC2)c1. The Morgan fingerprint density at radius 1 is 1.36 bits per heavy atom. The molecule has 0 saturated heterocycles. The number of amides is 1. The first-order valence-corrected chi connectivity index (χ1v) is 7.86. The van der Waals surface area contributed by atoms with Crippen LogP contribution in [0.4, 0.5) is 0 Å². The Morgan fingerprint density at radius 2 is 2.23 bits per heavy atom. The zero-order chi connectivity index (χ0) is 15.6. The van der Waals surface area contributed by atoms with Crippen LogP contribution in [0.15, 0.2) is 24.3 Å². The van der Waals surface area contributed by atoms with E-state index in [9.17, 15) is 4.79 Å². The molecule has 0 aromatic heterocycles. The van der Waals surface area contributed by atoms with Crippen LogP contribution < -0.4 is 15.4 Å². The minimum absolute atomic E-state index is 0.189. The van der Waals surface area contributed by atoms with Gasteiger partial charge in [-0.3, -0.25) is 4.79 Å². The number of nitrogens with zero attached hydrogens (tertiary/aromatic N) is 1. The molecule has 1 aromatic carbocycles. The largest absolute Gasteiger partial charge is 0.494 e. The number of carbonyl (C=O) groups excluding carboxylic acids is 1. The number of benzene rings is 1. The van der Waals surface area contributed by atoms with Gasteiger partial charge in [0.25, 0.3) is 0 Å².